The van der Waals surface area contributed by atoms with Gasteiger partial charge in [0.2, 0.25) is 5.91 Å². The quantitative estimate of drug-likeness (QED) is 0.671. The molecule has 1 aromatic carbocycles. The Labute approximate surface area is 169 Å². The fraction of sp³-hybridized carbons (Fsp3) is 0.429. The molecule has 0 N–H and O–H groups in total. The zero-order valence-corrected chi connectivity index (χ0v) is 16.7. The first-order chi connectivity index (χ1) is 14.1. The highest BCUT2D eigenvalue weighted by atomic mass is 16.5. The molecule has 2 aromatic heterocycles. The van der Waals surface area contributed by atoms with Crippen molar-refractivity contribution in [1.82, 2.24) is 24.7 Å². The van der Waals surface area contributed by atoms with Crippen molar-refractivity contribution in [3.63, 3.8) is 0 Å². The first kappa shape index (κ1) is 17.9. The molecule has 2 aliphatic heterocycles. The Kier molecular flexibility index (Phi) is 4.34. The fourth-order valence-electron chi connectivity index (χ4n) is 4.56. The second-order valence-electron chi connectivity index (χ2n) is 7.92. The molecule has 0 spiro atoms. The molecular formula is C21H24N6O2. The number of rotatable bonds is 4. The largest absolute Gasteiger partial charge is 0.496 e. The van der Waals surface area contributed by atoms with Gasteiger partial charge in [0.15, 0.2) is 11.5 Å². The zero-order chi connectivity index (χ0) is 20.0. The van der Waals surface area contributed by atoms with Crippen LogP contribution >= 0.6 is 0 Å². The van der Waals surface area contributed by atoms with E-state index < -0.39 is 0 Å². The number of nitrogens with zero attached hydrogens (tertiary/aromatic N) is 6. The first-order valence-electron chi connectivity index (χ1n) is 9.96. The predicted octanol–water partition coefficient (Wildman–Crippen LogP) is 1.58. The van der Waals surface area contributed by atoms with Gasteiger partial charge in [0.25, 0.3) is 0 Å². The summed E-state index contributed by atoms with van der Waals surface area (Å²) in [4.78, 5) is 17.2. The maximum atomic E-state index is 12.8. The minimum atomic E-state index is 0.176. The fourth-order valence-corrected chi connectivity index (χ4v) is 4.56. The van der Waals surface area contributed by atoms with E-state index in [1.165, 1.54) is 0 Å². The Hall–Kier alpha value is -3.16. The lowest BCUT2D eigenvalue weighted by molar-refractivity contribution is -0.129. The number of ether oxygens (including phenoxy) is 1. The second kappa shape index (κ2) is 7.02. The van der Waals surface area contributed by atoms with Crippen LogP contribution in [0.1, 0.15) is 11.4 Å². The molecule has 2 aliphatic rings. The van der Waals surface area contributed by atoms with E-state index >= 15 is 0 Å². The third-order valence-corrected chi connectivity index (χ3v) is 6.10. The Morgan fingerprint density at radius 1 is 1.07 bits per heavy atom. The Morgan fingerprint density at radius 2 is 1.83 bits per heavy atom. The molecule has 0 saturated carbocycles. The number of carbonyl (C=O) groups is 1. The summed E-state index contributed by atoms with van der Waals surface area (Å²) in [5.41, 5.74) is 1.71. The number of aryl methyl sites for hydroxylation is 1. The van der Waals surface area contributed by atoms with Gasteiger partial charge in [0.1, 0.15) is 11.6 Å². The lowest BCUT2D eigenvalue weighted by atomic mass is 10.0. The number of likely N-dealkylation sites (tertiary alicyclic amines) is 1. The van der Waals surface area contributed by atoms with E-state index in [1.54, 1.807) is 11.6 Å². The smallest absolute Gasteiger partial charge is 0.227 e. The molecule has 1 amide bonds. The molecular weight excluding hydrogens is 368 g/mol. The molecule has 8 nitrogen and oxygen atoms in total. The van der Waals surface area contributed by atoms with Crippen LogP contribution in [0.15, 0.2) is 36.4 Å². The van der Waals surface area contributed by atoms with Gasteiger partial charge in [-0.25, -0.2) is 0 Å². The highest BCUT2D eigenvalue weighted by Crippen LogP contribution is 2.34. The number of carbonyl (C=O) groups excluding carboxylic acids is 1. The maximum absolute atomic E-state index is 12.8. The van der Waals surface area contributed by atoms with Gasteiger partial charge in [-0.05, 0) is 25.1 Å². The van der Waals surface area contributed by atoms with Crippen LogP contribution in [0, 0.1) is 18.8 Å². The van der Waals surface area contributed by atoms with Crippen molar-refractivity contribution in [2.24, 2.45) is 11.8 Å². The van der Waals surface area contributed by atoms with E-state index in [1.807, 2.05) is 48.2 Å². The second-order valence-corrected chi connectivity index (χ2v) is 7.92. The standard InChI is InChI=1S/C21H24N6O2/c1-14-22-23-19-7-8-20(24-27(14)19)25-10-16-12-26(13-17(16)11-25)21(28)9-15-5-3-4-6-18(15)29-2/h3-8,16-17H,9-13H2,1-2H3. The molecule has 2 unspecified atom stereocenters. The van der Waals surface area contributed by atoms with Gasteiger partial charge < -0.3 is 14.5 Å². The monoisotopic (exact) mass is 392 g/mol. The molecule has 29 heavy (non-hydrogen) atoms. The lowest BCUT2D eigenvalue weighted by Crippen LogP contribution is -2.34. The van der Waals surface area contributed by atoms with Crippen LogP contribution in [-0.2, 0) is 11.2 Å². The molecule has 5 rings (SSSR count). The van der Waals surface area contributed by atoms with Gasteiger partial charge in [0, 0.05) is 43.6 Å². The number of hydrogen-bond donors (Lipinski definition) is 0. The SMILES string of the molecule is COc1ccccc1CC(=O)N1CC2CN(c3ccc4nnc(C)n4n3)CC2C1. The Bertz CT molecular complexity index is 1050. The summed E-state index contributed by atoms with van der Waals surface area (Å²) >= 11 is 0. The van der Waals surface area contributed by atoms with Crippen LogP contribution < -0.4 is 9.64 Å². The molecule has 0 aliphatic carbocycles. The number of anilines is 1. The normalized spacial score (nSPS) is 21.0. The van der Waals surface area contributed by atoms with Crippen molar-refractivity contribution < 1.29 is 9.53 Å². The van der Waals surface area contributed by atoms with Crippen molar-refractivity contribution in [3.05, 3.63) is 47.8 Å². The molecule has 2 atom stereocenters. The van der Waals surface area contributed by atoms with Crippen molar-refractivity contribution >= 4 is 17.4 Å². The van der Waals surface area contributed by atoms with Crippen LogP contribution in [0.4, 0.5) is 5.82 Å². The maximum Gasteiger partial charge on any atom is 0.227 e. The van der Waals surface area contributed by atoms with Crippen molar-refractivity contribution in [2.75, 3.05) is 38.2 Å². The summed E-state index contributed by atoms with van der Waals surface area (Å²) in [6, 6.07) is 11.7. The molecule has 8 heteroatoms. The summed E-state index contributed by atoms with van der Waals surface area (Å²) < 4.78 is 7.17. The molecule has 2 saturated heterocycles. The number of para-hydroxylation sites is 1. The molecule has 2 fully saturated rings. The van der Waals surface area contributed by atoms with E-state index in [2.05, 4.69) is 15.1 Å². The van der Waals surface area contributed by atoms with Crippen LogP contribution in [0.5, 0.6) is 5.75 Å². The van der Waals surface area contributed by atoms with Crippen LogP contribution in [0.3, 0.4) is 0 Å². The average molecular weight is 392 g/mol. The number of hydrogen-bond acceptors (Lipinski definition) is 6. The Morgan fingerprint density at radius 3 is 2.59 bits per heavy atom. The van der Waals surface area contributed by atoms with Crippen LogP contribution in [0.25, 0.3) is 5.65 Å². The van der Waals surface area contributed by atoms with Gasteiger partial charge >= 0.3 is 0 Å². The number of fused-ring (bicyclic) bond motifs is 2. The highest BCUT2D eigenvalue weighted by Gasteiger charge is 2.42. The number of methoxy groups -OCH3 is 1. The number of aromatic nitrogens is 4. The van der Waals surface area contributed by atoms with E-state index in [4.69, 9.17) is 9.84 Å². The summed E-state index contributed by atoms with van der Waals surface area (Å²) in [6.45, 7) is 5.36. The van der Waals surface area contributed by atoms with Crippen LogP contribution in [0.2, 0.25) is 0 Å². The zero-order valence-electron chi connectivity index (χ0n) is 16.7. The van der Waals surface area contributed by atoms with Gasteiger partial charge in [-0.3, -0.25) is 4.79 Å². The highest BCUT2D eigenvalue weighted by molar-refractivity contribution is 5.80. The predicted molar refractivity (Wildman–Crippen MR) is 108 cm³/mol. The van der Waals surface area contributed by atoms with E-state index in [0.717, 1.165) is 54.8 Å². The van der Waals surface area contributed by atoms with Crippen molar-refractivity contribution in [3.8, 4) is 5.75 Å². The van der Waals surface area contributed by atoms with Crippen molar-refractivity contribution in [2.45, 2.75) is 13.3 Å². The van der Waals surface area contributed by atoms with Gasteiger partial charge in [0.05, 0.1) is 13.5 Å². The van der Waals surface area contributed by atoms with Gasteiger partial charge in [-0.15, -0.1) is 15.3 Å². The summed E-state index contributed by atoms with van der Waals surface area (Å²) in [5, 5.41) is 12.9. The molecule has 0 radical (unpaired) electrons. The molecule has 3 aromatic rings. The summed E-state index contributed by atoms with van der Waals surface area (Å²) in [5.74, 6) is 3.65. The van der Waals surface area contributed by atoms with Crippen LogP contribution in [-0.4, -0.2) is 63.9 Å². The van der Waals surface area contributed by atoms with Gasteiger partial charge in [-0.1, -0.05) is 18.2 Å². The molecule has 150 valence electrons. The van der Waals surface area contributed by atoms with Gasteiger partial charge in [-0.2, -0.15) is 4.52 Å². The topological polar surface area (TPSA) is 75.9 Å². The number of benzene rings is 1. The molecule has 0 bridgehead atoms. The molecule has 4 heterocycles. The number of amides is 1. The third kappa shape index (κ3) is 3.18. The van der Waals surface area contributed by atoms with E-state index in [0.29, 0.717) is 18.3 Å². The lowest BCUT2D eigenvalue weighted by Gasteiger charge is -2.22. The van der Waals surface area contributed by atoms with E-state index in [9.17, 15) is 4.79 Å². The first-order valence-corrected chi connectivity index (χ1v) is 9.96. The third-order valence-electron chi connectivity index (χ3n) is 6.10. The van der Waals surface area contributed by atoms with E-state index in [-0.39, 0.29) is 5.91 Å². The minimum absolute atomic E-state index is 0.176. The Balaban J connectivity index is 1.24. The summed E-state index contributed by atoms with van der Waals surface area (Å²) in [6.07, 6.45) is 0.387. The summed E-state index contributed by atoms with van der Waals surface area (Å²) in [7, 11) is 1.64. The average Bonchev–Trinajstić information content (AvgIpc) is 3.41. The minimum Gasteiger partial charge on any atom is -0.496 e. The van der Waals surface area contributed by atoms with Crippen molar-refractivity contribution in [1.29, 1.82) is 0 Å².